The fraction of sp³-hybridized carbons (Fsp3) is 0.294. The number of halogens is 1. The molecule has 0 saturated carbocycles. The number of hydrogen-bond acceptors (Lipinski definition) is 6. The van der Waals surface area contributed by atoms with Gasteiger partial charge in [-0.25, -0.2) is 0 Å². The molecule has 1 aliphatic rings. The van der Waals surface area contributed by atoms with Crippen LogP contribution in [0.2, 0.25) is 0 Å². The molecule has 1 amide bonds. The van der Waals surface area contributed by atoms with Crippen LogP contribution in [0.25, 0.3) is 11.0 Å². The van der Waals surface area contributed by atoms with Gasteiger partial charge in [0.05, 0.1) is 24.2 Å². The number of nitrogens with zero attached hydrogens (tertiary/aromatic N) is 2. The average molecular weight is 675 g/mol. The summed E-state index contributed by atoms with van der Waals surface area (Å²) in [7, 11) is 0. The summed E-state index contributed by atoms with van der Waals surface area (Å²) in [6.45, 7) is 9.93. The predicted molar refractivity (Wildman–Crippen MR) is 173 cm³/mol. The van der Waals surface area contributed by atoms with Crippen molar-refractivity contribution in [3.8, 4) is 0 Å². The van der Waals surface area contributed by atoms with E-state index in [0.717, 1.165) is 69.1 Å². The Morgan fingerprint density at radius 1 is 1.02 bits per heavy atom. The molecule has 7 nitrogen and oxygen atoms in total. The summed E-state index contributed by atoms with van der Waals surface area (Å²) in [5, 5.41) is 8.50. The first-order valence-corrected chi connectivity index (χ1v) is 15.4. The van der Waals surface area contributed by atoms with E-state index in [1.165, 1.54) is 5.56 Å². The molecule has 2 N–H and O–H groups in total. The number of nitrogens with one attached hydrogen (secondary N) is 2. The van der Waals surface area contributed by atoms with E-state index in [9.17, 15) is 4.79 Å². The molecule has 2 unspecified atom stereocenters. The summed E-state index contributed by atoms with van der Waals surface area (Å²) in [5.41, 5.74) is 8.19. The van der Waals surface area contributed by atoms with Crippen molar-refractivity contribution in [2.45, 2.75) is 52.2 Å². The average Bonchev–Trinajstić information content (AvgIpc) is 3.52. The number of benzene rings is 3. The van der Waals surface area contributed by atoms with Gasteiger partial charge in [-0.3, -0.25) is 13.2 Å². The van der Waals surface area contributed by atoms with Gasteiger partial charge in [-0.05, 0) is 68.1 Å². The van der Waals surface area contributed by atoms with Gasteiger partial charge in [0.1, 0.15) is 17.1 Å². The third kappa shape index (κ3) is 5.75. The van der Waals surface area contributed by atoms with Crippen LogP contribution < -0.4 is 8.85 Å². The van der Waals surface area contributed by atoms with E-state index in [-0.39, 0.29) is 24.4 Å². The van der Waals surface area contributed by atoms with Gasteiger partial charge in [-0.1, -0.05) is 65.3 Å². The van der Waals surface area contributed by atoms with Crippen LogP contribution >= 0.6 is 22.9 Å². The molecule has 3 heterocycles. The van der Waals surface area contributed by atoms with Gasteiger partial charge in [-0.2, -0.15) is 0 Å². The Morgan fingerprint density at radius 2 is 1.81 bits per heavy atom. The van der Waals surface area contributed by atoms with E-state index < -0.39 is 0 Å². The maximum Gasteiger partial charge on any atom is 0.225 e. The summed E-state index contributed by atoms with van der Waals surface area (Å²) in [5.74, 6) is 1.63. The summed E-state index contributed by atoms with van der Waals surface area (Å²) >= 11 is 2.22. The molecule has 0 spiro atoms. The normalized spacial score (nSPS) is 15.5. The first-order valence-electron chi connectivity index (χ1n) is 14.3. The number of fused-ring (bicyclic) bond motifs is 1. The molecular weight excluding hydrogens is 639 g/mol. The van der Waals surface area contributed by atoms with Crippen molar-refractivity contribution in [1.82, 2.24) is 18.9 Å². The van der Waals surface area contributed by atoms with Gasteiger partial charge in [0.2, 0.25) is 5.91 Å². The van der Waals surface area contributed by atoms with Crippen molar-refractivity contribution in [1.29, 1.82) is 0 Å². The molecule has 0 radical (unpaired) electrons. The van der Waals surface area contributed by atoms with E-state index in [0.29, 0.717) is 6.04 Å². The van der Waals surface area contributed by atoms with E-state index in [2.05, 4.69) is 98.1 Å². The number of rotatable bonds is 9. The van der Waals surface area contributed by atoms with E-state index in [4.69, 9.17) is 8.94 Å². The van der Waals surface area contributed by atoms with Crippen molar-refractivity contribution >= 4 is 39.7 Å². The number of carbonyl (C=O) groups is 1. The largest absolute Gasteiger partial charge is 0.459 e. The molecule has 0 bridgehead atoms. The van der Waals surface area contributed by atoms with Gasteiger partial charge in [0.25, 0.3) is 0 Å². The minimum absolute atomic E-state index is 0.0292. The lowest BCUT2D eigenvalue weighted by molar-refractivity contribution is -0.120. The molecule has 1 saturated heterocycles. The van der Waals surface area contributed by atoms with E-state index in [1.807, 2.05) is 44.2 Å². The van der Waals surface area contributed by atoms with Crippen LogP contribution in [0.4, 0.5) is 0 Å². The van der Waals surface area contributed by atoms with Crippen LogP contribution in [0, 0.1) is 27.7 Å². The third-order valence-electron chi connectivity index (χ3n) is 8.20. The molecule has 3 aromatic carbocycles. The topological polar surface area (TPSA) is 83.5 Å². The molecular formula is C34H35IN4O3. The zero-order valence-electron chi connectivity index (χ0n) is 24.3. The van der Waals surface area contributed by atoms with Crippen LogP contribution in [-0.4, -0.2) is 35.1 Å². The molecule has 6 rings (SSSR count). The lowest BCUT2D eigenvalue weighted by atomic mass is 9.93. The van der Waals surface area contributed by atoms with Gasteiger partial charge >= 0.3 is 0 Å². The minimum atomic E-state index is -0.225. The van der Waals surface area contributed by atoms with Gasteiger partial charge in [0.15, 0.2) is 0 Å². The number of amides is 1. The lowest BCUT2D eigenvalue weighted by Gasteiger charge is -2.43. The van der Waals surface area contributed by atoms with Crippen LogP contribution in [0.5, 0.6) is 0 Å². The van der Waals surface area contributed by atoms with E-state index in [1.54, 1.807) is 0 Å². The maximum absolute atomic E-state index is 13.5. The SMILES string of the molecule is Cc1ccc(C(NC(=O)Cc2ccc3oc(C(c4c(C)noc4C)N4CC(NI)C4)cc3c2)c2ccccc2)c(C)c1. The second kappa shape index (κ2) is 12.0. The lowest BCUT2D eigenvalue weighted by Crippen LogP contribution is -2.56. The van der Waals surface area contributed by atoms with Gasteiger partial charge in [0, 0.05) is 52.9 Å². The fourth-order valence-electron chi connectivity index (χ4n) is 6.07. The molecule has 8 heteroatoms. The highest BCUT2D eigenvalue weighted by Crippen LogP contribution is 2.38. The van der Waals surface area contributed by atoms with Crippen molar-refractivity contribution in [2.75, 3.05) is 13.1 Å². The van der Waals surface area contributed by atoms with Crippen LogP contribution in [-0.2, 0) is 11.2 Å². The quantitative estimate of drug-likeness (QED) is 0.132. The fourth-order valence-corrected chi connectivity index (χ4v) is 6.46. The molecule has 1 fully saturated rings. The summed E-state index contributed by atoms with van der Waals surface area (Å²) < 4.78 is 15.3. The van der Waals surface area contributed by atoms with E-state index >= 15 is 0 Å². The Bertz CT molecular complexity index is 1700. The standard InChI is InChI=1S/C34H35IN4O3/c1-20-10-12-28(21(2)14-20)33(25-8-6-5-7-9-25)36-31(40)16-24-11-13-29-26(15-24)17-30(41-29)34(39-18-27(19-39)37-35)32-22(3)38-42-23(32)4/h5-15,17,27,33-34,37H,16,18-19H2,1-4H3,(H,36,40). The number of furan rings is 1. The highest BCUT2D eigenvalue weighted by atomic mass is 127. The molecule has 42 heavy (non-hydrogen) atoms. The second-order valence-corrected chi connectivity index (χ2v) is 12.0. The molecule has 2 aromatic heterocycles. The Kier molecular flexibility index (Phi) is 8.20. The Labute approximate surface area is 260 Å². The van der Waals surface area contributed by atoms with Gasteiger partial charge in [-0.15, -0.1) is 0 Å². The second-order valence-electron chi connectivity index (χ2n) is 11.4. The number of hydrogen-bond donors (Lipinski definition) is 2. The Hall–Kier alpha value is -3.47. The van der Waals surface area contributed by atoms with Crippen molar-refractivity contribution in [2.24, 2.45) is 0 Å². The smallest absolute Gasteiger partial charge is 0.225 e. The Balaban J connectivity index is 1.25. The summed E-state index contributed by atoms with van der Waals surface area (Å²) in [6.07, 6.45) is 0.271. The van der Waals surface area contributed by atoms with Crippen molar-refractivity contribution < 1.29 is 13.7 Å². The third-order valence-corrected chi connectivity index (χ3v) is 9.08. The zero-order valence-corrected chi connectivity index (χ0v) is 26.4. The van der Waals surface area contributed by atoms with Crippen LogP contribution in [0.1, 0.15) is 62.7 Å². The zero-order chi connectivity index (χ0) is 29.4. The molecule has 2 atom stereocenters. The summed E-state index contributed by atoms with van der Waals surface area (Å²) in [6, 6.07) is 24.8. The highest BCUT2D eigenvalue weighted by Gasteiger charge is 2.38. The number of carbonyl (C=O) groups excluding carboxylic acids is 1. The van der Waals surface area contributed by atoms with Gasteiger partial charge < -0.3 is 14.3 Å². The van der Waals surface area contributed by atoms with Crippen LogP contribution in [0.3, 0.4) is 0 Å². The first kappa shape index (κ1) is 28.6. The number of likely N-dealkylation sites (tertiary alicyclic amines) is 1. The van der Waals surface area contributed by atoms with Crippen molar-refractivity contribution in [3.63, 3.8) is 0 Å². The number of aromatic nitrogens is 1. The monoisotopic (exact) mass is 674 g/mol. The minimum Gasteiger partial charge on any atom is -0.459 e. The molecule has 216 valence electrons. The highest BCUT2D eigenvalue weighted by molar-refractivity contribution is 14.1. The molecule has 1 aliphatic heterocycles. The molecule has 0 aliphatic carbocycles. The van der Waals surface area contributed by atoms with Crippen LogP contribution in [0.15, 0.2) is 81.7 Å². The predicted octanol–water partition coefficient (Wildman–Crippen LogP) is 6.82. The maximum atomic E-state index is 13.5. The first-order chi connectivity index (χ1) is 20.3. The Morgan fingerprint density at radius 3 is 2.50 bits per heavy atom. The molecule has 5 aromatic rings. The van der Waals surface area contributed by atoms with Crippen molar-refractivity contribution in [3.05, 3.63) is 123 Å². The number of aryl methyl sites for hydroxylation is 4. The summed E-state index contributed by atoms with van der Waals surface area (Å²) in [4.78, 5) is 15.8.